The maximum absolute atomic E-state index is 12.6. The highest BCUT2D eigenvalue weighted by molar-refractivity contribution is 7.81. The summed E-state index contributed by atoms with van der Waals surface area (Å²) in [5.74, 6) is -0.130. The van der Waals surface area contributed by atoms with Gasteiger partial charge in [-0.25, -0.2) is 4.79 Å². The summed E-state index contributed by atoms with van der Waals surface area (Å²) in [6, 6.07) is 5.47. The molecule has 9 heteroatoms. The minimum Gasteiger partial charge on any atom is -0.444 e. The van der Waals surface area contributed by atoms with Crippen molar-refractivity contribution in [3.8, 4) is 0 Å². The van der Waals surface area contributed by atoms with E-state index in [0.29, 0.717) is 31.6 Å². The van der Waals surface area contributed by atoms with Crippen LogP contribution in [0.3, 0.4) is 0 Å². The average Bonchev–Trinajstić information content (AvgIpc) is 3.29. The van der Waals surface area contributed by atoms with Gasteiger partial charge in [-0.2, -0.15) is 12.6 Å². The molecule has 0 aromatic heterocycles. The van der Waals surface area contributed by atoms with E-state index in [-0.39, 0.29) is 23.5 Å². The first-order chi connectivity index (χ1) is 12.5. The molecule has 1 saturated heterocycles. The molecule has 1 aromatic rings. The van der Waals surface area contributed by atoms with E-state index in [1.165, 1.54) is 17.0 Å². The molecule has 2 aliphatic rings. The number of benzene rings is 1. The molecule has 3 rings (SSSR count). The maximum Gasteiger partial charge on any atom is 0.410 e. The summed E-state index contributed by atoms with van der Waals surface area (Å²) in [7, 11) is 0. The summed E-state index contributed by atoms with van der Waals surface area (Å²) in [6.07, 6.45) is 3.61. The first-order valence-electron chi connectivity index (χ1n) is 8.25. The molecule has 0 saturated carbocycles. The van der Waals surface area contributed by atoms with Crippen LogP contribution in [0.25, 0.3) is 0 Å². The Kier molecular flexibility index (Phi) is 5.46. The highest BCUT2D eigenvalue weighted by Gasteiger charge is 2.41. The lowest BCUT2D eigenvalue weighted by Gasteiger charge is -2.27. The number of thiol groups is 1. The van der Waals surface area contributed by atoms with Gasteiger partial charge in [0.1, 0.15) is 12.6 Å². The predicted molar refractivity (Wildman–Crippen MR) is 96.9 cm³/mol. The van der Waals surface area contributed by atoms with Crippen molar-refractivity contribution < 1.29 is 19.2 Å². The topological polar surface area (TPSA) is 93.0 Å². The number of ether oxygens (including phenoxy) is 1. The van der Waals surface area contributed by atoms with Crippen LogP contribution in [0, 0.1) is 10.1 Å². The van der Waals surface area contributed by atoms with Gasteiger partial charge in [-0.1, -0.05) is 24.3 Å². The Bertz CT molecular complexity index is 746. The van der Waals surface area contributed by atoms with E-state index in [0.717, 1.165) is 0 Å². The molecule has 26 heavy (non-hydrogen) atoms. The molecular formula is C17H19N3O5S. The summed E-state index contributed by atoms with van der Waals surface area (Å²) in [4.78, 5) is 38.7. The molecule has 0 bridgehead atoms. The standard InChI is InChI=1S/C17H19N3O5S/c21-16(18-7-3-4-8-18)15-9-13(26)10-19(15)17(22)25-11-12-5-1-2-6-14(12)20(23)24/h1-6,13,15,26H,7-11H2/t13-,15-/m0/s1. The number of nitrogens with zero attached hydrogens (tertiary/aromatic N) is 3. The summed E-state index contributed by atoms with van der Waals surface area (Å²) in [6.45, 7) is 1.14. The fraction of sp³-hybridized carbons (Fsp3) is 0.412. The number of carbonyl (C=O) groups is 2. The number of likely N-dealkylation sites (tertiary alicyclic amines) is 1. The largest absolute Gasteiger partial charge is 0.444 e. The third-order valence-electron chi connectivity index (χ3n) is 4.47. The van der Waals surface area contributed by atoms with Gasteiger partial charge in [0.15, 0.2) is 0 Å². The molecule has 138 valence electrons. The number of rotatable bonds is 4. The minimum atomic E-state index is -0.662. The van der Waals surface area contributed by atoms with Crippen molar-refractivity contribution in [2.45, 2.75) is 24.3 Å². The molecule has 8 nitrogen and oxygen atoms in total. The lowest BCUT2D eigenvalue weighted by atomic mass is 10.2. The zero-order valence-electron chi connectivity index (χ0n) is 14.0. The minimum absolute atomic E-state index is 0.107. The van der Waals surface area contributed by atoms with Crippen molar-refractivity contribution in [1.82, 2.24) is 9.80 Å². The smallest absolute Gasteiger partial charge is 0.410 e. The molecule has 1 aromatic carbocycles. The fourth-order valence-corrected chi connectivity index (χ4v) is 3.53. The van der Waals surface area contributed by atoms with E-state index < -0.39 is 17.1 Å². The number of nitro groups is 1. The van der Waals surface area contributed by atoms with Gasteiger partial charge in [0.05, 0.1) is 10.5 Å². The van der Waals surface area contributed by atoms with Crippen LogP contribution < -0.4 is 0 Å². The molecule has 2 aliphatic heterocycles. The zero-order valence-corrected chi connectivity index (χ0v) is 14.9. The van der Waals surface area contributed by atoms with Gasteiger partial charge in [0.2, 0.25) is 5.91 Å². The van der Waals surface area contributed by atoms with Crippen LogP contribution >= 0.6 is 12.6 Å². The summed E-state index contributed by atoms with van der Waals surface area (Å²) < 4.78 is 5.26. The van der Waals surface area contributed by atoms with Crippen LogP contribution in [-0.2, 0) is 16.1 Å². The van der Waals surface area contributed by atoms with E-state index in [1.807, 2.05) is 12.2 Å². The summed E-state index contributed by atoms with van der Waals surface area (Å²) >= 11 is 4.40. The van der Waals surface area contributed by atoms with Crippen LogP contribution in [0.4, 0.5) is 10.5 Å². The molecule has 2 heterocycles. The van der Waals surface area contributed by atoms with Crippen LogP contribution in [0.2, 0.25) is 0 Å². The Labute approximate surface area is 156 Å². The highest BCUT2D eigenvalue weighted by Crippen LogP contribution is 2.26. The zero-order chi connectivity index (χ0) is 18.7. The molecule has 0 unspecified atom stereocenters. The first-order valence-corrected chi connectivity index (χ1v) is 8.76. The lowest BCUT2D eigenvalue weighted by molar-refractivity contribution is -0.385. The van der Waals surface area contributed by atoms with Gasteiger partial charge < -0.3 is 9.64 Å². The Morgan fingerprint density at radius 1 is 1.27 bits per heavy atom. The average molecular weight is 377 g/mol. The van der Waals surface area contributed by atoms with Crippen LogP contribution in [0.15, 0.2) is 36.4 Å². The van der Waals surface area contributed by atoms with Crippen molar-refractivity contribution in [1.29, 1.82) is 0 Å². The number of amides is 2. The van der Waals surface area contributed by atoms with Crippen molar-refractivity contribution in [3.05, 3.63) is 52.1 Å². The first kappa shape index (κ1) is 18.2. The van der Waals surface area contributed by atoms with Crippen molar-refractivity contribution >= 4 is 30.3 Å². The second-order valence-electron chi connectivity index (χ2n) is 6.21. The number of para-hydroxylation sites is 1. The molecule has 2 amide bonds. The van der Waals surface area contributed by atoms with Gasteiger partial charge in [0.25, 0.3) is 5.69 Å². The Morgan fingerprint density at radius 2 is 1.96 bits per heavy atom. The van der Waals surface area contributed by atoms with Crippen LogP contribution in [0.1, 0.15) is 12.0 Å². The Balaban J connectivity index is 1.66. The normalized spacial score (nSPS) is 21.9. The lowest BCUT2D eigenvalue weighted by Crippen LogP contribution is -2.47. The molecule has 1 fully saturated rings. The molecule has 0 spiro atoms. The van der Waals surface area contributed by atoms with Gasteiger partial charge in [-0.05, 0) is 12.5 Å². The van der Waals surface area contributed by atoms with E-state index in [2.05, 4.69) is 12.6 Å². The number of hydrogen-bond acceptors (Lipinski definition) is 6. The second-order valence-corrected chi connectivity index (χ2v) is 6.94. The molecule has 0 aliphatic carbocycles. The van der Waals surface area contributed by atoms with Gasteiger partial charge in [-0.3, -0.25) is 19.8 Å². The van der Waals surface area contributed by atoms with Crippen molar-refractivity contribution in [2.75, 3.05) is 19.6 Å². The Morgan fingerprint density at radius 3 is 2.65 bits per heavy atom. The summed E-state index contributed by atoms with van der Waals surface area (Å²) in [5.41, 5.74) is 0.198. The monoisotopic (exact) mass is 377 g/mol. The number of hydrogen-bond donors (Lipinski definition) is 1. The molecule has 2 atom stereocenters. The van der Waals surface area contributed by atoms with E-state index in [9.17, 15) is 19.7 Å². The van der Waals surface area contributed by atoms with E-state index in [4.69, 9.17) is 4.74 Å². The maximum atomic E-state index is 12.6. The van der Waals surface area contributed by atoms with E-state index >= 15 is 0 Å². The van der Waals surface area contributed by atoms with Crippen molar-refractivity contribution in [3.63, 3.8) is 0 Å². The third kappa shape index (κ3) is 3.82. The predicted octanol–water partition coefficient (Wildman–Crippen LogP) is 2.00. The van der Waals surface area contributed by atoms with Gasteiger partial charge in [-0.15, -0.1) is 0 Å². The molecular weight excluding hydrogens is 358 g/mol. The van der Waals surface area contributed by atoms with Crippen LogP contribution in [0.5, 0.6) is 0 Å². The van der Waals surface area contributed by atoms with Gasteiger partial charge >= 0.3 is 6.09 Å². The second kappa shape index (κ2) is 7.77. The number of carbonyl (C=O) groups excluding carboxylic acids is 2. The molecule has 0 N–H and O–H groups in total. The Hall–Kier alpha value is -2.55. The third-order valence-corrected chi connectivity index (χ3v) is 4.84. The molecule has 0 radical (unpaired) electrons. The van der Waals surface area contributed by atoms with Crippen molar-refractivity contribution in [2.24, 2.45) is 0 Å². The summed E-state index contributed by atoms with van der Waals surface area (Å²) in [5, 5.41) is 10.9. The quantitative estimate of drug-likeness (QED) is 0.375. The fourth-order valence-electron chi connectivity index (χ4n) is 3.15. The van der Waals surface area contributed by atoms with Crippen LogP contribution in [-0.4, -0.2) is 57.6 Å². The SMILES string of the molecule is O=C([C@@H]1C[C@H](S)CN1C(=O)OCc1ccccc1[N+](=O)[O-])N1CC=CC1. The van der Waals surface area contributed by atoms with Gasteiger partial charge in [0, 0.05) is 31.0 Å². The number of nitro benzene ring substituents is 1. The van der Waals surface area contributed by atoms with E-state index in [1.54, 1.807) is 17.0 Å². The highest BCUT2D eigenvalue weighted by atomic mass is 32.1.